The maximum absolute atomic E-state index is 11.8. The first-order chi connectivity index (χ1) is 8.69. The van der Waals surface area contributed by atoms with Gasteiger partial charge in [0.1, 0.15) is 0 Å². The molecule has 1 atom stereocenters. The zero-order chi connectivity index (χ0) is 12.6. The van der Waals surface area contributed by atoms with Crippen LogP contribution in [-0.4, -0.2) is 16.0 Å². The van der Waals surface area contributed by atoms with E-state index in [-0.39, 0.29) is 5.91 Å². The van der Waals surface area contributed by atoms with Crippen LogP contribution in [0.3, 0.4) is 0 Å². The molecule has 2 N–H and O–H groups in total. The van der Waals surface area contributed by atoms with Crippen molar-refractivity contribution in [1.82, 2.24) is 10.3 Å². The van der Waals surface area contributed by atoms with Crippen LogP contribution in [0.25, 0.3) is 0 Å². The zero-order valence-corrected chi connectivity index (χ0v) is 9.63. The lowest BCUT2D eigenvalue weighted by Crippen LogP contribution is -2.41. The first-order valence-corrected chi connectivity index (χ1v) is 5.72. The predicted octanol–water partition coefficient (Wildman–Crippen LogP) is 1.21. The van der Waals surface area contributed by atoms with Gasteiger partial charge in [0.2, 0.25) is 0 Å². The quantitative estimate of drug-likeness (QED) is 0.829. The van der Waals surface area contributed by atoms with E-state index in [4.69, 9.17) is 0 Å². The SMILES string of the molecule is O=C1NC(O)(Cc2ccccc2)c2ccncc21. The van der Waals surface area contributed by atoms with Gasteiger partial charge in [-0.25, -0.2) is 0 Å². The van der Waals surface area contributed by atoms with Crippen molar-refractivity contribution in [1.29, 1.82) is 0 Å². The maximum Gasteiger partial charge on any atom is 0.255 e. The number of pyridine rings is 1. The molecule has 0 saturated heterocycles. The summed E-state index contributed by atoms with van der Waals surface area (Å²) in [6, 6.07) is 11.2. The minimum Gasteiger partial charge on any atom is -0.366 e. The number of carbonyl (C=O) groups is 1. The van der Waals surface area contributed by atoms with E-state index < -0.39 is 5.72 Å². The molecule has 0 bridgehead atoms. The van der Waals surface area contributed by atoms with Crippen LogP contribution in [0.15, 0.2) is 48.8 Å². The van der Waals surface area contributed by atoms with Crippen molar-refractivity contribution in [2.45, 2.75) is 12.1 Å². The third kappa shape index (κ3) is 1.67. The Kier molecular flexibility index (Phi) is 2.38. The molecule has 1 amide bonds. The van der Waals surface area contributed by atoms with E-state index in [1.165, 1.54) is 6.20 Å². The molecule has 0 fully saturated rings. The highest BCUT2D eigenvalue weighted by molar-refractivity contribution is 5.99. The standard InChI is InChI=1S/C14H12N2O2/c17-13-11-9-15-7-6-12(11)14(18,16-13)8-10-4-2-1-3-5-10/h1-7,9,18H,8H2,(H,16,17). The molecule has 2 aromatic rings. The predicted molar refractivity (Wildman–Crippen MR) is 65.7 cm³/mol. The van der Waals surface area contributed by atoms with E-state index in [1.807, 2.05) is 30.3 Å². The number of hydrogen-bond acceptors (Lipinski definition) is 3. The Hall–Kier alpha value is -2.20. The van der Waals surface area contributed by atoms with Crippen molar-refractivity contribution in [2.24, 2.45) is 0 Å². The topological polar surface area (TPSA) is 62.2 Å². The Labute approximate surface area is 104 Å². The van der Waals surface area contributed by atoms with Crippen LogP contribution in [0.1, 0.15) is 21.5 Å². The average Bonchev–Trinajstić information content (AvgIpc) is 2.63. The molecule has 1 aliphatic rings. The normalized spacial score (nSPS) is 21.5. The summed E-state index contributed by atoms with van der Waals surface area (Å²) < 4.78 is 0. The van der Waals surface area contributed by atoms with E-state index in [1.54, 1.807) is 12.3 Å². The number of nitrogens with zero attached hydrogens (tertiary/aromatic N) is 1. The molecule has 3 rings (SSSR count). The highest BCUT2D eigenvalue weighted by Crippen LogP contribution is 2.31. The highest BCUT2D eigenvalue weighted by atomic mass is 16.3. The lowest BCUT2D eigenvalue weighted by Gasteiger charge is -2.23. The van der Waals surface area contributed by atoms with Crippen LogP contribution in [-0.2, 0) is 12.1 Å². The fourth-order valence-corrected chi connectivity index (χ4v) is 2.29. The molecular formula is C14H12N2O2. The van der Waals surface area contributed by atoms with Crippen molar-refractivity contribution in [3.05, 3.63) is 65.5 Å². The molecule has 0 saturated carbocycles. The van der Waals surface area contributed by atoms with Crippen molar-refractivity contribution in [2.75, 3.05) is 0 Å². The van der Waals surface area contributed by atoms with Gasteiger partial charge in [-0.2, -0.15) is 0 Å². The second-order valence-electron chi connectivity index (χ2n) is 4.40. The molecule has 1 aromatic carbocycles. The Morgan fingerprint density at radius 2 is 2.00 bits per heavy atom. The molecule has 1 unspecified atom stereocenters. The van der Waals surface area contributed by atoms with Gasteiger partial charge in [-0.05, 0) is 11.6 Å². The molecule has 1 aromatic heterocycles. The summed E-state index contributed by atoms with van der Waals surface area (Å²) in [7, 11) is 0. The van der Waals surface area contributed by atoms with E-state index in [9.17, 15) is 9.90 Å². The van der Waals surface area contributed by atoms with E-state index in [0.717, 1.165) is 5.56 Å². The fourth-order valence-electron chi connectivity index (χ4n) is 2.29. The van der Waals surface area contributed by atoms with Crippen molar-refractivity contribution in [3.63, 3.8) is 0 Å². The molecule has 18 heavy (non-hydrogen) atoms. The van der Waals surface area contributed by atoms with Gasteiger partial charge in [-0.3, -0.25) is 9.78 Å². The van der Waals surface area contributed by atoms with Gasteiger partial charge < -0.3 is 10.4 Å². The second kappa shape index (κ2) is 3.92. The fraction of sp³-hybridized carbons (Fsp3) is 0.143. The number of amides is 1. The molecule has 0 aliphatic carbocycles. The van der Waals surface area contributed by atoms with Gasteiger partial charge in [-0.15, -0.1) is 0 Å². The first kappa shape index (κ1) is 10.9. The summed E-state index contributed by atoms with van der Waals surface area (Å²) in [4.78, 5) is 15.7. The van der Waals surface area contributed by atoms with E-state index in [0.29, 0.717) is 17.5 Å². The minimum absolute atomic E-state index is 0.281. The molecule has 90 valence electrons. The number of nitrogens with one attached hydrogen (secondary N) is 1. The Bertz CT molecular complexity index is 598. The number of fused-ring (bicyclic) bond motifs is 1. The van der Waals surface area contributed by atoms with Gasteiger partial charge in [0.25, 0.3) is 5.91 Å². The van der Waals surface area contributed by atoms with Gasteiger partial charge in [0.05, 0.1) is 5.56 Å². The summed E-state index contributed by atoms with van der Waals surface area (Å²) >= 11 is 0. The maximum atomic E-state index is 11.8. The van der Waals surface area contributed by atoms with Gasteiger partial charge in [-0.1, -0.05) is 30.3 Å². The Morgan fingerprint density at radius 3 is 2.78 bits per heavy atom. The van der Waals surface area contributed by atoms with E-state index >= 15 is 0 Å². The smallest absolute Gasteiger partial charge is 0.255 e. The lowest BCUT2D eigenvalue weighted by molar-refractivity contribution is 0.0134. The van der Waals surface area contributed by atoms with Crippen LogP contribution >= 0.6 is 0 Å². The third-order valence-corrected chi connectivity index (χ3v) is 3.13. The number of aliphatic hydroxyl groups is 1. The lowest BCUT2D eigenvalue weighted by atomic mass is 9.96. The Balaban J connectivity index is 2.00. The van der Waals surface area contributed by atoms with Gasteiger partial charge in [0, 0.05) is 24.4 Å². The second-order valence-corrected chi connectivity index (χ2v) is 4.40. The van der Waals surface area contributed by atoms with Crippen LogP contribution in [0.2, 0.25) is 0 Å². The summed E-state index contributed by atoms with van der Waals surface area (Å²) in [5.74, 6) is -0.281. The number of benzene rings is 1. The number of aromatic nitrogens is 1. The van der Waals surface area contributed by atoms with Crippen molar-refractivity contribution >= 4 is 5.91 Å². The largest absolute Gasteiger partial charge is 0.366 e. The zero-order valence-electron chi connectivity index (χ0n) is 9.63. The van der Waals surface area contributed by atoms with E-state index in [2.05, 4.69) is 10.3 Å². The molecule has 1 aliphatic heterocycles. The number of carbonyl (C=O) groups excluding carboxylic acids is 1. The van der Waals surface area contributed by atoms with Crippen LogP contribution < -0.4 is 5.32 Å². The number of rotatable bonds is 2. The molecule has 2 heterocycles. The molecule has 0 radical (unpaired) electrons. The summed E-state index contributed by atoms with van der Waals surface area (Å²) in [6.45, 7) is 0. The third-order valence-electron chi connectivity index (χ3n) is 3.13. The molecule has 4 nitrogen and oxygen atoms in total. The highest BCUT2D eigenvalue weighted by Gasteiger charge is 2.41. The first-order valence-electron chi connectivity index (χ1n) is 5.72. The monoisotopic (exact) mass is 240 g/mol. The van der Waals surface area contributed by atoms with Crippen molar-refractivity contribution < 1.29 is 9.90 Å². The molecule has 4 heteroatoms. The van der Waals surface area contributed by atoms with Gasteiger partial charge in [0.15, 0.2) is 5.72 Å². The average molecular weight is 240 g/mol. The number of hydrogen-bond donors (Lipinski definition) is 2. The van der Waals surface area contributed by atoms with Crippen LogP contribution in [0.4, 0.5) is 0 Å². The summed E-state index contributed by atoms with van der Waals surface area (Å²) in [6.07, 6.45) is 3.40. The molecular weight excluding hydrogens is 228 g/mol. The minimum atomic E-state index is -1.34. The summed E-state index contributed by atoms with van der Waals surface area (Å²) in [5.41, 5.74) is 0.656. The Morgan fingerprint density at radius 1 is 1.22 bits per heavy atom. The van der Waals surface area contributed by atoms with Crippen molar-refractivity contribution in [3.8, 4) is 0 Å². The summed E-state index contributed by atoms with van der Waals surface area (Å²) in [5, 5.41) is 13.2. The van der Waals surface area contributed by atoms with Gasteiger partial charge >= 0.3 is 0 Å². The van der Waals surface area contributed by atoms with Crippen LogP contribution in [0, 0.1) is 0 Å². The molecule has 0 spiro atoms. The van der Waals surface area contributed by atoms with Crippen LogP contribution in [0.5, 0.6) is 0 Å².